The van der Waals surface area contributed by atoms with E-state index in [1.165, 1.54) is 5.57 Å². The van der Waals surface area contributed by atoms with Gasteiger partial charge in [0.25, 0.3) is 0 Å². The molecule has 0 aliphatic heterocycles. The quantitative estimate of drug-likeness (QED) is 0.415. The predicted octanol–water partition coefficient (Wildman–Crippen LogP) is 2.80. The molecule has 0 aromatic heterocycles. The Balaban J connectivity index is 2.52. The van der Waals surface area contributed by atoms with Crippen LogP contribution in [0.15, 0.2) is 23.3 Å². The molecule has 0 saturated carbocycles. The molecule has 0 heterocycles. The molecule has 1 rings (SSSR count). The van der Waals surface area contributed by atoms with Crippen molar-refractivity contribution in [1.82, 2.24) is 10.2 Å². The normalized spacial score (nSPS) is 20.2. The Morgan fingerprint density at radius 1 is 1.32 bits per heavy atom. The average molecular weight is 266 g/mol. The molecule has 1 aliphatic rings. The Labute approximate surface area is 118 Å². The van der Waals surface area contributed by atoms with E-state index in [-0.39, 0.29) is 0 Å². The Morgan fingerprint density at radius 2 is 2.05 bits per heavy atom. The van der Waals surface area contributed by atoms with Gasteiger partial charge in [-0.05, 0) is 44.5 Å². The molecule has 0 aromatic rings. The summed E-state index contributed by atoms with van der Waals surface area (Å²) in [6.07, 6.45) is 6.98. The van der Waals surface area contributed by atoms with Gasteiger partial charge in [-0.25, -0.2) is 0 Å². The van der Waals surface area contributed by atoms with E-state index in [1.54, 1.807) is 5.57 Å². The molecule has 0 spiro atoms. The van der Waals surface area contributed by atoms with Gasteiger partial charge < -0.3 is 4.74 Å². The molecule has 19 heavy (non-hydrogen) atoms. The van der Waals surface area contributed by atoms with Gasteiger partial charge in [0.15, 0.2) is 0 Å². The minimum absolute atomic E-state index is 0.628. The third-order valence-corrected chi connectivity index (χ3v) is 3.85. The zero-order chi connectivity index (χ0) is 14.1. The SMILES string of the molecule is CCN(CC)CC1=CCC(COCNC)=CCC1C. The number of allylic oxidation sites excluding steroid dienone is 2. The molecular weight excluding hydrogens is 236 g/mol. The van der Waals surface area contributed by atoms with Gasteiger partial charge in [0.05, 0.1) is 13.3 Å². The summed E-state index contributed by atoms with van der Waals surface area (Å²) in [5, 5.41) is 3.01. The van der Waals surface area contributed by atoms with Crippen LogP contribution in [0, 0.1) is 5.92 Å². The van der Waals surface area contributed by atoms with Gasteiger partial charge in [0.1, 0.15) is 0 Å². The summed E-state index contributed by atoms with van der Waals surface area (Å²) in [6, 6.07) is 0. The number of rotatable bonds is 8. The Morgan fingerprint density at radius 3 is 2.68 bits per heavy atom. The fourth-order valence-corrected chi connectivity index (χ4v) is 2.37. The number of ether oxygens (including phenoxy) is 1. The van der Waals surface area contributed by atoms with E-state index in [0.29, 0.717) is 12.6 Å². The minimum Gasteiger partial charge on any atom is -0.362 e. The minimum atomic E-state index is 0.628. The maximum Gasteiger partial charge on any atom is 0.0967 e. The lowest BCUT2D eigenvalue weighted by Crippen LogP contribution is -2.26. The third-order valence-electron chi connectivity index (χ3n) is 3.85. The van der Waals surface area contributed by atoms with E-state index in [4.69, 9.17) is 4.74 Å². The molecule has 3 heteroatoms. The summed E-state index contributed by atoms with van der Waals surface area (Å²) >= 11 is 0. The van der Waals surface area contributed by atoms with Crippen LogP contribution in [-0.4, -0.2) is 44.9 Å². The maximum atomic E-state index is 5.55. The third kappa shape index (κ3) is 5.89. The summed E-state index contributed by atoms with van der Waals surface area (Å²) < 4.78 is 5.55. The van der Waals surface area contributed by atoms with Crippen molar-refractivity contribution in [2.75, 3.05) is 40.0 Å². The largest absolute Gasteiger partial charge is 0.362 e. The van der Waals surface area contributed by atoms with Crippen LogP contribution < -0.4 is 5.32 Å². The smallest absolute Gasteiger partial charge is 0.0967 e. The summed E-state index contributed by atoms with van der Waals surface area (Å²) in [5.41, 5.74) is 3.00. The highest BCUT2D eigenvalue weighted by Gasteiger charge is 2.14. The topological polar surface area (TPSA) is 24.5 Å². The molecule has 0 radical (unpaired) electrons. The second kappa shape index (κ2) is 9.29. The number of hydrogen-bond donors (Lipinski definition) is 1. The van der Waals surface area contributed by atoms with Gasteiger partial charge in [-0.15, -0.1) is 0 Å². The zero-order valence-electron chi connectivity index (χ0n) is 13.0. The van der Waals surface area contributed by atoms with E-state index >= 15 is 0 Å². The molecule has 0 fully saturated rings. The van der Waals surface area contributed by atoms with Crippen molar-refractivity contribution in [2.45, 2.75) is 33.6 Å². The molecule has 1 aliphatic carbocycles. The van der Waals surface area contributed by atoms with Crippen molar-refractivity contribution in [3.63, 3.8) is 0 Å². The van der Waals surface area contributed by atoms with Gasteiger partial charge in [-0.1, -0.05) is 38.5 Å². The first-order valence-electron chi connectivity index (χ1n) is 7.52. The Kier molecular flexibility index (Phi) is 8.03. The van der Waals surface area contributed by atoms with Crippen molar-refractivity contribution >= 4 is 0 Å². The highest BCUT2D eigenvalue weighted by atomic mass is 16.5. The van der Waals surface area contributed by atoms with Crippen LogP contribution in [0.5, 0.6) is 0 Å². The highest BCUT2D eigenvalue weighted by molar-refractivity contribution is 5.20. The van der Waals surface area contributed by atoms with Crippen LogP contribution in [0.3, 0.4) is 0 Å². The Bertz CT molecular complexity index is 306. The summed E-state index contributed by atoms with van der Waals surface area (Å²) in [4.78, 5) is 2.49. The van der Waals surface area contributed by atoms with E-state index in [9.17, 15) is 0 Å². The van der Waals surface area contributed by atoms with Gasteiger partial charge in [-0.2, -0.15) is 0 Å². The lowest BCUT2D eigenvalue weighted by molar-refractivity contribution is 0.141. The number of hydrogen-bond acceptors (Lipinski definition) is 3. The maximum absolute atomic E-state index is 5.55. The molecule has 1 atom stereocenters. The van der Waals surface area contributed by atoms with Crippen LogP contribution in [-0.2, 0) is 4.74 Å². The van der Waals surface area contributed by atoms with Crippen molar-refractivity contribution in [1.29, 1.82) is 0 Å². The molecule has 0 aromatic carbocycles. The molecule has 3 nitrogen and oxygen atoms in total. The van der Waals surface area contributed by atoms with Crippen LogP contribution in [0.1, 0.15) is 33.6 Å². The summed E-state index contributed by atoms with van der Waals surface area (Å²) in [6.45, 7) is 11.6. The van der Waals surface area contributed by atoms with E-state index in [0.717, 1.165) is 39.1 Å². The monoisotopic (exact) mass is 266 g/mol. The predicted molar refractivity (Wildman–Crippen MR) is 82.2 cm³/mol. The number of likely N-dealkylation sites (N-methyl/N-ethyl adjacent to an activating group) is 1. The standard InChI is InChI=1S/C16H30N2O/c1-5-18(6-2)11-16-10-9-15(8-7-14(16)3)12-19-13-17-4/h8,10,14,17H,5-7,9,11-13H2,1-4H3. The molecule has 110 valence electrons. The summed E-state index contributed by atoms with van der Waals surface area (Å²) in [5.74, 6) is 0.655. The van der Waals surface area contributed by atoms with Crippen molar-refractivity contribution in [2.24, 2.45) is 5.92 Å². The zero-order valence-corrected chi connectivity index (χ0v) is 13.0. The van der Waals surface area contributed by atoms with E-state index in [2.05, 4.69) is 43.1 Å². The van der Waals surface area contributed by atoms with Gasteiger partial charge >= 0.3 is 0 Å². The lowest BCUT2D eigenvalue weighted by atomic mass is 9.98. The van der Waals surface area contributed by atoms with Crippen LogP contribution in [0.4, 0.5) is 0 Å². The molecule has 1 N–H and O–H groups in total. The van der Waals surface area contributed by atoms with Crippen LogP contribution >= 0.6 is 0 Å². The van der Waals surface area contributed by atoms with Gasteiger partial charge in [0, 0.05) is 6.54 Å². The fraction of sp³-hybridized carbons (Fsp3) is 0.750. The Hall–Kier alpha value is -0.640. The molecule has 0 bridgehead atoms. The first-order chi connectivity index (χ1) is 9.21. The molecular formula is C16H30N2O. The van der Waals surface area contributed by atoms with Crippen molar-refractivity contribution < 1.29 is 4.74 Å². The number of nitrogens with one attached hydrogen (secondary N) is 1. The van der Waals surface area contributed by atoms with Crippen LogP contribution in [0.25, 0.3) is 0 Å². The van der Waals surface area contributed by atoms with E-state index in [1.807, 2.05) is 7.05 Å². The lowest BCUT2D eigenvalue weighted by Gasteiger charge is -2.23. The molecule has 1 unspecified atom stereocenters. The molecule has 0 saturated heterocycles. The average Bonchev–Trinajstić information content (AvgIpc) is 2.60. The number of nitrogens with zero attached hydrogens (tertiary/aromatic N) is 1. The second-order valence-electron chi connectivity index (χ2n) is 5.29. The molecule has 0 amide bonds. The highest BCUT2D eigenvalue weighted by Crippen LogP contribution is 2.23. The van der Waals surface area contributed by atoms with Gasteiger partial charge in [-0.3, -0.25) is 10.2 Å². The first-order valence-corrected chi connectivity index (χ1v) is 7.52. The summed E-state index contributed by atoms with van der Waals surface area (Å²) in [7, 11) is 1.91. The van der Waals surface area contributed by atoms with Crippen molar-refractivity contribution in [3.8, 4) is 0 Å². The van der Waals surface area contributed by atoms with Gasteiger partial charge in [0.2, 0.25) is 0 Å². The van der Waals surface area contributed by atoms with Crippen LogP contribution in [0.2, 0.25) is 0 Å². The first kappa shape index (κ1) is 16.4. The van der Waals surface area contributed by atoms with E-state index < -0.39 is 0 Å². The fourth-order valence-electron chi connectivity index (χ4n) is 2.37. The second-order valence-corrected chi connectivity index (χ2v) is 5.29. The van der Waals surface area contributed by atoms with Crippen molar-refractivity contribution in [3.05, 3.63) is 23.3 Å².